The topological polar surface area (TPSA) is 66.0 Å². The molecule has 4 aromatic rings. The number of rotatable bonds is 5. The Morgan fingerprint density at radius 2 is 1.81 bits per heavy atom. The van der Waals surface area contributed by atoms with Crippen molar-refractivity contribution in [3.05, 3.63) is 71.1 Å². The Balaban J connectivity index is 1.46. The van der Waals surface area contributed by atoms with Gasteiger partial charge in [0.1, 0.15) is 11.6 Å². The number of benzene rings is 2. The van der Waals surface area contributed by atoms with Crippen molar-refractivity contribution in [2.75, 3.05) is 0 Å². The molecule has 4 rings (SSSR count). The zero-order valence-corrected chi connectivity index (χ0v) is 14.9. The van der Waals surface area contributed by atoms with E-state index in [1.165, 1.54) is 12.1 Å². The van der Waals surface area contributed by atoms with Crippen molar-refractivity contribution in [3.63, 3.8) is 0 Å². The smallest absolute Gasteiger partial charge is 0.278 e. The van der Waals surface area contributed by atoms with Gasteiger partial charge in [-0.2, -0.15) is 10.1 Å². The van der Waals surface area contributed by atoms with Gasteiger partial charge in [0, 0.05) is 16.2 Å². The van der Waals surface area contributed by atoms with Gasteiger partial charge >= 0.3 is 0 Å². The fraction of sp³-hybridized carbons (Fsp3) is 0.0556. The molecule has 6 nitrogen and oxygen atoms in total. The summed E-state index contributed by atoms with van der Waals surface area (Å²) >= 11 is 3.38. The monoisotopic (exact) mass is 414 g/mol. The number of nitrogens with zero attached hydrogens (tertiary/aromatic N) is 4. The van der Waals surface area contributed by atoms with Crippen LogP contribution >= 0.6 is 15.9 Å². The first-order valence-corrected chi connectivity index (χ1v) is 8.48. The molecular formula is C18H12BrFN4O2. The molecule has 0 amide bonds. The first-order valence-electron chi connectivity index (χ1n) is 7.69. The third-order valence-electron chi connectivity index (χ3n) is 3.57. The predicted molar refractivity (Wildman–Crippen MR) is 95.7 cm³/mol. The Hall–Kier alpha value is -3.00. The average Bonchev–Trinajstić information content (AvgIpc) is 3.31. The van der Waals surface area contributed by atoms with Gasteiger partial charge in [0.25, 0.3) is 5.89 Å². The van der Waals surface area contributed by atoms with Gasteiger partial charge < -0.3 is 9.26 Å². The van der Waals surface area contributed by atoms with Crippen molar-refractivity contribution in [1.29, 1.82) is 0 Å². The van der Waals surface area contributed by atoms with Crippen LogP contribution in [0.25, 0.3) is 23.0 Å². The van der Waals surface area contributed by atoms with Gasteiger partial charge in [-0.15, -0.1) is 0 Å². The summed E-state index contributed by atoms with van der Waals surface area (Å²) < 4.78 is 26.5. The molecule has 0 atom stereocenters. The highest BCUT2D eigenvalue weighted by atomic mass is 79.9. The Bertz CT molecular complexity index is 1010. The fourth-order valence-corrected chi connectivity index (χ4v) is 2.53. The first kappa shape index (κ1) is 16.5. The van der Waals surface area contributed by atoms with Gasteiger partial charge in [-0.05, 0) is 54.6 Å². The summed E-state index contributed by atoms with van der Waals surface area (Å²) in [5, 5.41) is 8.27. The zero-order chi connectivity index (χ0) is 17.9. The fourth-order valence-electron chi connectivity index (χ4n) is 2.26. The van der Waals surface area contributed by atoms with Gasteiger partial charge in [-0.25, -0.2) is 9.07 Å². The summed E-state index contributed by atoms with van der Waals surface area (Å²) in [6.07, 6.45) is 1.76. The highest BCUT2D eigenvalue weighted by Gasteiger charge is 2.13. The van der Waals surface area contributed by atoms with Crippen LogP contribution in [-0.4, -0.2) is 19.9 Å². The molecule has 8 heteroatoms. The molecule has 26 heavy (non-hydrogen) atoms. The molecule has 2 aromatic carbocycles. The third kappa shape index (κ3) is 3.65. The van der Waals surface area contributed by atoms with E-state index in [1.807, 2.05) is 24.3 Å². The predicted octanol–water partition coefficient (Wildman–Crippen LogP) is 4.54. The number of ether oxygens (including phenoxy) is 1. The molecular weight excluding hydrogens is 403 g/mol. The van der Waals surface area contributed by atoms with Gasteiger partial charge in [0.2, 0.25) is 5.82 Å². The van der Waals surface area contributed by atoms with E-state index in [1.54, 1.807) is 29.1 Å². The molecule has 0 fully saturated rings. The molecule has 0 aliphatic carbocycles. The van der Waals surface area contributed by atoms with Gasteiger partial charge in [-0.3, -0.25) is 0 Å². The molecule has 0 bridgehead atoms. The van der Waals surface area contributed by atoms with Crippen LogP contribution in [0.3, 0.4) is 0 Å². The lowest BCUT2D eigenvalue weighted by Gasteiger charge is -2.05. The second-order valence-electron chi connectivity index (χ2n) is 5.40. The number of aromatic nitrogens is 4. The van der Waals surface area contributed by atoms with Crippen LogP contribution in [0.1, 0.15) is 0 Å². The first-order chi connectivity index (χ1) is 12.7. The summed E-state index contributed by atoms with van der Waals surface area (Å²) in [4.78, 5) is 4.30. The van der Waals surface area contributed by atoms with E-state index in [2.05, 4.69) is 31.2 Å². The van der Waals surface area contributed by atoms with E-state index in [0.29, 0.717) is 17.1 Å². The number of halogens is 2. The van der Waals surface area contributed by atoms with E-state index < -0.39 is 0 Å². The Kier molecular flexibility index (Phi) is 4.49. The van der Waals surface area contributed by atoms with Gasteiger partial charge in [0.05, 0.1) is 0 Å². The molecule has 0 radical (unpaired) electrons. The largest absolute Gasteiger partial charge is 0.471 e. The maximum absolute atomic E-state index is 13.0. The Labute approximate surface area is 156 Å². The summed E-state index contributed by atoms with van der Waals surface area (Å²) in [7, 11) is 0. The molecule has 0 aliphatic rings. The highest BCUT2D eigenvalue weighted by molar-refractivity contribution is 9.10. The number of hydrogen-bond acceptors (Lipinski definition) is 5. The lowest BCUT2D eigenvalue weighted by atomic mass is 10.2. The third-order valence-corrected chi connectivity index (χ3v) is 4.09. The Morgan fingerprint density at radius 3 is 2.58 bits per heavy atom. The van der Waals surface area contributed by atoms with Crippen molar-refractivity contribution in [2.45, 2.75) is 6.73 Å². The lowest BCUT2D eigenvalue weighted by Crippen LogP contribution is -2.05. The molecule has 130 valence electrons. The minimum absolute atomic E-state index is 0.251. The van der Waals surface area contributed by atoms with Crippen molar-refractivity contribution in [2.24, 2.45) is 0 Å². The van der Waals surface area contributed by atoms with Crippen molar-refractivity contribution < 1.29 is 13.7 Å². The normalized spacial score (nSPS) is 10.8. The summed E-state index contributed by atoms with van der Waals surface area (Å²) in [6, 6.07) is 15.2. The number of hydrogen-bond donors (Lipinski definition) is 0. The molecule has 0 saturated heterocycles. The second-order valence-corrected chi connectivity index (χ2v) is 6.31. The molecule has 0 aliphatic heterocycles. The minimum atomic E-state index is -0.318. The zero-order valence-electron chi connectivity index (χ0n) is 13.3. The van der Waals surface area contributed by atoms with Crippen LogP contribution in [0.5, 0.6) is 5.75 Å². The average molecular weight is 415 g/mol. The minimum Gasteiger partial charge on any atom is -0.471 e. The molecule has 2 aromatic heterocycles. The van der Waals surface area contributed by atoms with Crippen molar-refractivity contribution in [1.82, 2.24) is 19.9 Å². The van der Waals surface area contributed by atoms with E-state index >= 15 is 0 Å². The molecule has 0 spiro atoms. The van der Waals surface area contributed by atoms with Crippen molar-refractivity contribution in [3.8, 4) is 28.7 Å². The van der Waals surface area contributed by atoms with Crippen molar-refractivity contribution >= 4 is 15.9 Å². The molecule has 0 N–H and O–H groups in total. The lowest BCUT2D eigenvalue weighted by molar-refractivity contribution is 0.221. The molecule has 0 saturated carbocycles. The van der Waals surface area contributed by atoms with Crippen LogP contribution in [0.15, 0.2) is 69.8 Å². The standard InChI is InChI=1S/C18H12BrFN4O2/c19-13-3-7-15(8-4-13)25-11-24-10-9-16(22-24)18-21-17(23-26-18)12-1-5-14(20)6-2-12/h1-10H,11H2. The van der Waals surface area contributed by atoms with Gasteiger partial charge in [0.15, 0.2) is 12.4 Å². The molecule has 0 unspecified atom stereocenters. The quantitative estimate of drug-likeness (QED) is 0.479. The van der Waals surface area contributed by atoms with Crippen LogP contribution in [-0.2, 0) is 6.73 Å². The summed E-state index contributed by atoms with van der Waals surface area (Å²) in [5.74, 6) is 1.08. The summed E-state index contributed by atoms with van der Waals surface area (Å²) in [5.41, 5.74) is 1.20. The highest BCUT2D eigenvalue weighted by Crippen LogP contribution is 2.21. The van der Waals surface area contributed by atoms with E-state index in [-0.39, 0.29) is 18.4 Å². The van der Waals surface area contributed by atoms with Crippen LogP contribution in [0.4, 0.5) is 4.39 Å². The molecule has 2 heterocycles. The SMILES string of the molecule is Fc1ccc(-c2noc(-c3ccn(COc4ccc(Br)cc4)n3)n2)cc1. The second kappa shape index (κ2) is 7.09. The van der Waals surface area contributed by atoms with Gasteiger partial charge in [-0.1, -0.05) is 21.1 Å². The summed E-state index contributed by atoms with van der Waals surface area (Å²) in [6.45, 7) is 0.251. The van der Waals surface area contributed by atoms with Crippen LogP contribution in [0.2, 0.25) is 0 Å². The van der Waals surface area contributed by atoms with E-state index in [4.69, 9.17) is 9.26 Å². The van der Waals surface area contributed by atoms with Crippen LogP contribution < -0.4 is 4.74 Å². The maximum atomic E-state index is 13.0. The Morgan fingerprint density at radius 1 is 1.04 bits per heavy atom. The van der Waals surface area contributed by atoms with E-state index in [9.17, 15) is 4.39 Å². The van der Waals surface area contributed by atoms with Crippen LogP contribution in [0, 0.1) is 5.82 Å². The van der Waals surface area contributed by atoms with E-state index in [0.717, 1.165) is 10.2 Å². The maximum Gasteiger partial charge on any atom is 0.278 e.